The topological polar surface area (TPSA) is 147 Å². The number of carbonyl (C=O) groups is 1. The average molecular weight is 678 g/mol. The SMILES string of the molecule is CCOc1cc(C)c(-c2nc3ccccc3c(=O)n2N=Cc2cc(OCC)c(OCC(=O)Nc3ccc(C)cc3)c([N+](=O)[O-])c2)cc1C(C)C. The van der Waals surface area contributed by atoms with E-state index in [4.69, 9.17) is 19.2 Å². The van der Waals surface area contributed by atoms with Gasteiger partial charge in [-0.1, -0.05) is 43.7 Å². The molecule has 5 aromatic rings. The second-order valence-corrected chi connectivity index (χ2v) is 11.9. The highest BCUT2D eigenvalue weighted by Gasteiger charge is 2.24. The number of fused-ring (bicyclic) bond motifs is 1. The molecule has 1 heterocycles. The largest absolute Gasteiger partial charge is 0.494 e. The molecule has 0 spiro atoms. The van der Waals surface area contributed by atoms with Crippen LogP contribution in [-0.2, 0) is 4.79 Å². The number of nitrogens with one attached hydrogen (secondary N) is 1. The van der Waals surface area contributed by atoms with Gasteiger partial charge in [0.25, 0.3) is 11.5 Å². The van der Waals surface area contributed by atoms with Gasteiger partial charge in [0.1, 0.15) is 5.75 Å². The van der Waals surface area contributed by atoms with Gasteiger partial charge in [0.2, 0.25) is 5.75 Å². The van der Waals surface area contributed by atoms with Crippen LogP contribution >= 0.6 is 0 Å². The monoisotopic (exact) mass is 677 g/mol. The zero-order chi connectivity index (χ0) is 35.9. The molecule has 0 saturated heterocycles. The van der Waals surface area contributed by atoms with Crippen molar-refractivity contribution in [1.29, 1.82) is 0 Å². The fraction of sp³-hybridized carbons (Fsp3) is 0.263. The molecule has 0 unspecified atom stereocenters. The third kappa shape index (κ3) is 7.81. The van der Waals surface area contributed by atoms with Crippen molar-refractivity contribution in [2.75, 3.05) is 25.1 Å². The molecule has 0 aliphatic heterocycles. The number of aryl methyl sites for hydroxylation is 2. The first kappa shape index (κ1) is 35.3. The fourth-order valence-electron chi connectivity index (χ4n) is 5.40. The van der Waals surface area contributed by atoms with E-state index in [1.54, 1.807) is 43.3 Å². The lowest BCUT2D eigenvalue weighted by molar-refractivity contribution is -0.385. The predicted octanol–water partition coefficient (Wildman–Crippen LogP) is 7.41. The number of anilines is 1. The summed E-state index contributed by atoms with van der Waals surface area (Å²) in [6.07, 6.45) is 1.33. The molecule has 12 nitrogen and oxygen atoms in total. The molecule has 0 aliphatic carbocycles. The van der Waals surface area contributed by atoms with E-state index in [-0.39, 0.29) is 29.6 Å². The van der Waals surface area contributed by atoms with Crippen molar-refractivity contribution in [1.82, 2.24) is 9.66 Å². The molecule has 0 bridgehead atoms. The van der Waals surface area contributed by atoms with Crippen molar-refractivity contribution in [2.24, 2.45) is 5.10 Å². The Morgan fingerprint density at radius 2 is 1.68 bits per heavy atom. The van der Waals surface area contributed by atoms with E-state index in [0.29, 0.717) is 34.6 Å². The number of nitro groups is 1. The third-order valence-electron chi connectivity index (χ3n) is 7.83. The number of amides is 1. The molecule has 4 aromatic carbocycles. The Hall–Kier alpha value is -6.04. The lowest BCUT2D eigenvalue weighted by Gasteiger charge is -2.18. The third-order valence-corrected chi connectivity index (χ3v) is 7.83. The Kier molecular flexibility index (Phi) is 10.9. The number of rotatable bonds is 13. The normalized spacial score (nSPS) is 11.3. The summed E-state index contributed by atoms with van der Waals surface area (Å²) in [5.74, 6) is 0.507. The van der Waals surface area contributed by atoms with Gasteiger partial charge < -0.3 is 19.5 Å². The number of hydrogen-bond donors (Lipinski definition) is 1. The van der Waals surface area contributed by atoms with Crippen molar-refractivity contribution in [2.45, 2.75) is 47.5 Å². The minimum atomic E-state index is -0.626. The Labute approximate surface area is 289 Å². The van der Waals surface area contributed by atoms with E-state index in [1.165, 1.54) is 23.0 Å². The van der Waals surface area contributed by atoms with Crippen LogP contribution in [0.5, 0.6) is 17.2 Å². The molecule has 1 aromatic heterocycles. The van der Waals surface area contributed by atoms with Gasteiger partial charge in [-0.15, -0.1) is 0 Å². The van der Waals surface area contributed by atoms with Gasteiger partial charge in [-0.25, -0.2) is 4.98 Å². The van der Waals surface area contributed by atoms with E-state index in [0.717, 1.165) is 22.4 Å². The standard InChI is InChI=1S/C38H39N5O7/c1-7-48-33-17-25(6)30(20-29(33)23(3)4)37-41-31-12-10-9-11-28(31)38(45)42(37)39-21-26-18-32(43(46)47)36(34(19-26)49-8-2)50-22-35(44)40-27-15-13-24(5)14-16-27/h9-21,23H,7-8,22H2,1-6H3,(H,40,44). The molecule has 1 N–H and O–H groups in total. The smallest absolute Gasteiger partial charge is 0.315 e. The second kappa shape index (κ2) is 15.5. The quantitative estimate of drug-likeness (QED) is 0.0770. The van der Waals surface area contributed by atoms with Gasteiger partial charge in [0.05, 0.1) is 35.3 Å². The summed E-state index contributed by atoms with van der Waals surface area (Å²) in [7, 11) is 0. The summed E-state index contributed by atoms with van der Waals surface area (Å²) in [5.41, 5.74) is 3.96. The van der Waals surface area contributed by atoms with E-state index in [1.807, 2.05) is 45.0 Å². The van der Waals surface area contributed by atoms with E-state index in [2.05, 4.69) is 24.3 Å². The first-order valence-electron chi connectivity index (χ1n) is 16.3. The first-order chi connectivity index (χ1) is 24.0. The van der Waals surface area contributed by atoms with Gasteiger partial charge >= 0.3 is 5.69 Å². The molecule has 0 fully saturated rings. The summed E-state index contributed by atoms with van der Waals surface area (Å²) in [6.45, 7) is 11.8. The molecular weight excluding hydrogens is 638 g/mol. The minimum Gasteiger partial charge on any atom is -0.494 e. The minimum absolute atomic E-state index is 0.0411. The number of aromatic nitrogens is 2. The summed E-state index contributed by atoms with van der Waals surface area (Å²) >= 11 is 0. The molecule has 258 valence electrons. The first-order valence-corrected chi connectivity index (χ1v) is 16.3. The molecule has 1 amide bonds. The lowest BCUT2D eigenvalue weighted by atomic mass is 9.96. The number of ether oxygens (including phenoxy) is 3. The van der Waals surface area contributed by atoms with E-state index >= 15 is 0 Å². The van der Waals surface area contributed by atoms with Gasteiger partial charge in [-0.05, 0) is 87.2 Å². The average Bonchev–Trinajstić information content (AvgIpc) is 3.08. The van der Waals surface area contributed by atoms with Crippen LogP contribution < -0.4 is 25.1 Å². The summed E-state index contributed by atoms with van der Waals surface area (Å²) in [5, 5.41) is 19.9. The van der Waals surface area contributed by atoms with Crippen LogP contribution in [0.2, 0.25) is 0 Å². The highest BCUT2D eigenvalue weighted by molar-refractivity contribution is 5.92. The summed E-state index contributed by atoms with van der Waals surface area (Å²) in [6, 6.07) is 20.8. The van der Waals surface area contributed by atoms with Crippen molar-refractivity contribution < 1.29 is 23.9 Å². The van der Waals surface area contributed by atoms with Crippen LogP contribution in [0.1, 0.15) is 55.9 Å². The van der Waals surface area contributed by atoms with E-state index in [9.17, 15) is 19.7 Å². The number of benzene rings is 4. The predicted molar refractivity (Wildman–Crippen MR) is 194 cm³/mol. The van der Waals surface area contributed by atoms with Gasteiger partial charge in [-0.2, -0.15) is 9.78 Å². The van der Waals surface area contributed by atoms with Crippen molar-refractivity contribution in [3.8, 4) is 28.6 Å². The number of nitro benzene ring substituents is 1. The Morgan fingerprint density at radius 1 is 0.980 bits per heavy atom. The molecule has 0 radical (unpaired) electrons. The van der Waals surface area contributed by atoms with Crippen molar-refractivity contribution in [3.63, 3.8) is 0 Å². The zero-order valence-corrected chi connectivity index (χ0v) is 28.9. The number of hydrogen-bond acceptors (Lipinski definition) is 9. The van der Waals surface area contributed by atoms with Crippen molar-refractivity contribution in [3.05, 3.63) is 116 Å². The molecule has 5 rings (SSSR count). The summed E-state index contributed by atoms with van der Waals surface area (Å²) < 4.78 is 18.5. The Balaban J connectivity index is 1.57. The molecular formula is C38H39N5O7. The van der Waals surface area contributed by atoms with Crippen LogP contribution in [-0.4, -0.2) is 46.5 Å². The fourth-order valence-corrected chi connectivity index (χ4v) is 5.40. The second-order valence-electron chi connectivity index (χ2n) is 11.9. The van der Waals surface area contributed by atoms with Crippen LogP contribution in [0.15, 0.2) is 82.7 Å². The molecule has 0 atom stereocenters. The van der Waals surface area contributed by atoms with Gasteiger partial charge in [-0.3, -0.25) is 19.7 Å². The number of carbonyl (C=O) groups excluding carboxylic acids is 1. The zero-order valence-electron chi connectivity index (χ0n) is 28.9. The molecule has 12 heteroatoms. The number of para-hydroxylation sites is 1. The molecule has 0 aliphatic rings. The van der Waals surface area contributed by atoms with Crippen LogP contribution in [0.3, 0.4) is 0 Å². The maximum atomic E-state index is 13.9. The van der Waals surface area contributed by atoms with Crippen molar-refractivity contribution >= 4 is 34.4 Å². The highest BCUT2D eigenvalue weighted by atomic mass is 16.6. The lowest BCUT2D eigenvalue weighted by Crippen LogP contribution is -2.21. The molecule has 50 heavy (non-hydrogen) atoms. The molecule has 0 saturated carbocycles. The highest BCUT2D eigenvalue weighted by Crippen LogP contribution is 2.39. The maximum absolute atomic E-state index is 13.9. The summed E-state index contributed by atoms with van der Waals surface area (Å²) in [4.78, 5) is 43.1. The van der Waals surface area contributed by atoms with Gasteiger partial charge in [0, 0.05) is 22.9 Å². The Morgan fingerprint density at radius 3 is 2.36 bits per heavy atom. The maximum Gasteiger partial charge on any atom is 0.315 e. The van der Waals surface area contributed by atoms with Crippen LogP contribution in [0, 0.1) is 24.0 Å². The van der Waals surface area contributed by atoms with Crippen LogP contribution in [0.4, 0.5) is 11.4 Å². The Bertz CT molecular complexity index is 2140. The van der Waals surface area contributed by atoms with Crippen LogP contribution in [0.25, 0.3) is 22.3 Å². The van der Waals surface area contributed by atoms with Gasteiger partial charge in [0.15, 0.2) is 18.2 Å². The van der Waals surface area contributed by atoms with E-state index < -0.39 is 28.7 Å². The number of nitrogens with zero attached hydrogens (tertiary/aromatic N) is 4.